The van der Waals surface area contributed by atoms with E-state index in [0.29, 0.717) is 12.6 Å². The molecule has 2 heteroatoms. The van der Waals surface area contributed by atoms with Crippen LogP contribution in [0.3, 0.4) is 0 Å². The molecule has 0 saturated heterocycles. The lowest BCUT2D eigenvalue weighted by atomic mass is 10.3. The van der Waals surface area contributed by atoms with E-state index in [4.69, 9.17) is 6.42 Å². The van der Waals surface area contributed by atoms with Crippen molar-refractivity contribution in [3.05, 3.63) is 12.7 Å². The first-order chi connectivity index (χ1) is 6.22. The first-order valence-electron chi connectivity index (χ1n) is 4.71. The monoisotopic (exact) mass is 180 g/mol. The Bertz CT molecular complexity index is 167. The SMILES string of the molecule is C#CCNCCN(CC=C)C(C)C. The van der Waals surface area contributed by atoms with Crippen molar-refractivity contribution in [2.75, 3.05) is 26.2 Å². The molecular weight excluding hydrogens is 160 g/mol. The van der Waals surface area contributed by atoms with E-state index in [-0.39, 0.29) is 0 Å². The van der Waals surface area contributed by atoms with Crippen molar-refractivity contribution >= 4 is 0 Å². The summed E-state index contributed by atoms with van der Waals surface area (Å²) in [5.41, 5.74) is 0. The van der Waals surface area contributed by atoms with Crippen LogP contribution in [0.1, 0.15) is 13.8 Å². The zero-order valence-corrected chi connectivity index (χ0v) is 8.71. The van der Waals surface area contributed by atoms with E-state index in [1.165, 1.54) is 0 Å². The van der Waals surface area contributed by atoms with Crippen LogP contribution in [0.4, 0.5) is 0 Å². The molecular formula is C11H20N2. The van der Waals surface area contributed by atoms with E-state index in [2.05, 4.69) is 36.6 Å². The Morgan fingerprint density at radius 2 is 2.31 bits per heavy atom. The van der Waals surface area contributed by atoms with Crippen molar-refractivity contribution in [2.45, 2.75) is 19.9 Å². The maximum atomic E-state index is 5.12. The normalized spacial score (nSPS) is 10.4. The molecule has 0 atom stereocenters. The lowest BCUT2D eigenvalue weighted by Crippen LogP contribution is -2.37. The minimum absolute atomic E-state index is 0.561. The molecule has 0 spiro atoms. The largest absolute Gasteiger partial charge is 0.305 e. The van der Waals surface area contributed by atoms with Gasteiger partial charge in [-0.2, -0.15) is 0 Å². The zero-order valence-electron chi connectivity index (χ0n) is 8.71. The summed E-state index contributed by atoms with van der Waals surface area (Å²) in [4.78, 5) is 2.34. The van der Waals surface area contributed by atoms with Crippen LogP contribution in [0, 0.1) is 12.3 Å². The van der Waals surface area contributed by atoms with Crippen LogP contribution in [0.15, 0.2) is 12.7 Å². The fraction of sp³-hybridized carbons (Fsp3) is 0.636. The summed E-state index contributed by atoms with van der Waals surface area (Å²) in [6.45, 7) is 11.7. The van der Waals surface area contributed by atoms with Crippen molar-refractivity contribution in [3.63, 3.8) is 0 Å². The minimum Gasteiger partial charge on any atom is -0.305 e. The lowest BCUT2D eigenvalue weighted by molar-refractivity contribution is 0.247. The average molecular weight is 180 g/mol. The molecule has 0 aliphatic rings. The van der Waals surface area contributed by atoms with Gasteiger partial charge >= 0.3 is 0 Å². The van der Waals surface area contributed by atoms with Crippen LogP contribution >= 0.6 is 0 Å². The summed E-state index contributed by atoms with van der Waals surface area (Å²) < 4.78 is 0. The van der Waals surface area contributed by atoms with Crippen LogP contribution in [-0.2, 0) is 0 Å². The second-order valence-electron chi connectivity index (χ2n) is 3.26. The number of nitrogens with one attached hydrogen (secondary N) is 1. The van der Waals surface area contributed by atoms with Crippen LogP contribution < -0.4 is 5.32 Å². The third-order valence-electron chi connectivity index (χ3n) is 1.90. The van der Waals surface area contributed by atoms with E-state index in [1.54, 1.807) is 0 Å². The van der Waals surface area contributed by atoms with E-state index in [0.717, 1.165) is 19.6 Å². The van der Waals surface area contributed by atoms with Crippen molar-refractivity contribution in [1.29, 1.82) is 0 Å². The van der Waals surface area contributed by atoms with Crippen molar-refractivity contribution in [3.8, 4) is 12.3 Å². The second kappa shape index (κ2) is 7.85. The minimum atomic E-state index is 0.561. The van der Waals surface area contributed by atoms with Gasteiger partial charge in [0, 0.05) is 25.7 Å². The number of rotatable bonds is 7. The molecule has 0 radical (unpaired) electrons. The Morgan fingerprint density at radius 3 is 2.77 bits per heavy atom. The summed E-state index contributed by atoms with van der Waals surface area (Å²) in [5, 5.41) is 3.17. The van der Waals surface area contributed by atoms with E-state index in [9.17, 15) is 0 Å². The molecule has 0 bridgehead atoms. The molecule has 0 aliphatic heterocycles. The fourth-order valence-electron chi connectivity index (χ4n) is 1.11. The molecule has 1 N–H and O–H groups in total. The summed E-state index contributed by atoms with van der Waals surface area (Å²) in [6, 6.07) is 0.561. The zero-order chi connectivity index (χ0) is 10.1. The van der Waals surface area contributed by atoms with Gasteiger partial charge in [-0.1, -0.05) is 12.0 Å². The van der Waals surface area contributed by atoms with Gasteiger partial charge in [-0.3, -0.25) is 4.90 Å². The highest BCUT2D eigenvalue weighted by molar-refractivity contribution is 4.86. The van der Waals surface area contributed by atoms with Crippen molar-refractivity contribution in [2.24, 2.45) is 0 Å². The van der Waals surface area contributed by atoms with Gasteiger partial charge in [0.25, 0.3) is 0 Å². The van der Waals surface area contributed by atoms with E-state index in [1.807, 2.05) is 6.08 Å². The Balaban J connectivity index is 3.57. The maximum absolute atomic E-state index is 5.12. The van der Waals surface area contributed by atoms with Gasteiger partial charge in [0.2, 0.25) is 0 Å². The smallest absolute Gasteiger partial charge is 0.0574 e. The van der Waals surface area contributed by atoms with Crippen LogP contribution in [-0.4, -0.2) is 37.1 Å². The Kier molecular flexibility index (Phi) is 7.38. The molecule has 0 heterocycles. The summed E-state index contributed by atoms with van der Waals surface area (Å²) in [5.74, 6) is 2.55. The molecule has 74 valence electrons. The van der Waals surface area contributed by atoms with Gasteiger partial charge in [0.1, 0.15) is 0 Å². The highest BCUT2D eigenvalue weighted by atomic mass is 15.2. The molecule has 0 aliphatic carbocycles. The highest BCUT2D eigenvalue weighted by Gasteiger charge is 2.05. The van der Waals surface area contributed by atoms with Crippen molar-refractivity contribution in [1.82, 2.24) is 10.2 Å². The number of terminal acetylenes is 1. The molecule has 0 fully saturated rings. The Hall–Kier alpha value is -0.780. The topological polar surface area (TPSA) is 15.3 Å². The Morgan fingerprint density at radius 1 is 1.62 bits per heavy atom. The third-order valence-corrected chi connectivity index (χ3v) is 1.90. The van der Waals surface area contributed by atoms with Gasteiger partial charge in [-0.15, -0.1) is 13.0 Å². The van der Waals surface area contributed by atoms with Crippen LogP contribution in [0.2, 0.25) is 0 Å². The lowest BCUT2D eigenvalue weighted by Gasteiger charge is -2.24. The summed E-state index contributed by atoms with van der Waals surface area (Å²) in [7, 11) is 0. The third kappa shape index (κ3) is 6.39. The molecule has 0 aromatic rings. The van der Waals surface area contributed by atoms with Crippen LogP contribution in [0.25, 0.3) is 0 Å². The first-order valence-corrected chi connectivity index (χ1v) is 4.71. The second-order valence-corrected chi connectivity index (χ2v) is 3.26. The fourth-order valence-corrected chi connectivity index (χ4v) is 1.11. The molecule has 0 aromatic carbocycles. The maximum Gasteiger partial charge on any atom is 0.0574 e. The number of hydrogen-bond donors (Lipinski definition) is 1. The molecule has 0 rings (SSSR count). The van der Waals surface area contributed by atoms with Gasteiger partial charge in [-0.25, -0.2) is 0 Å². The van der Waals surface area contributed by atoms with E-state index >= 15 is 0 Å². The summed E-state index contributed by atoms with van der Waals surface area (Å²) in [6.07, 6.45) is 7.05. The predicted molar refractivity (Wildman–Crippen MR) is 58.6 cm³/mol. The number of hydrogen-bond acceptors (Lipinski definition) is 2. The molecule has 13 heavy (non-hydrogen) atoms. The van der Waals surface area contributed by atoms with Crippen molar-refractivity contribution < 1.29 is 0 Å². The highest BCUT2D eigenvalue weighted by Crippen LogP contribution is 1.96. The summed E-state index contributed by atoms with van der Waals surface area (Å²) >= 11 is 0. The Labute approximate surface area is 82.0 Å². The molecule has 0 amide bonds. The molecule has 0 saturated carbocycles. The van der Waals surface area contributed by atoms with Gasteiger partial charge in [0.05, 0.1) is 6.54 Å². The van der Waals surface area contributed by atoms with Crippen LogP contribution in [0.5, 0.6) is 0 Å². The molecule has 0 aromatic heterocycles. The van der Waals surface area contributed by atoms with Gasteiger partial charge in [-0.05, 0) is 13.8 Å². The quantitative estimate of drug-likeness (QED) is 0.359. The molecule has 0 unspecified atom stereocenters. The first kappa shape index (κ1) is 12.2. The van der Waals surface area contributed by atoms with Gasteiger partial charge < -0.3 is 5.32 Å². The predicted octanol–water partition coefficient (Wildman–Crippen LogP) is 1.11. The molecule has 2 nitrogen and oxygen atoms in total. The average Bonchev–Trinajstić information content (AvgIpc) is 2.10. The standard InChI is InChI=1S/C11H20N2/c1-5-7-12-8-10-13(9-6-2)11(3)4/h1,6,11-12H,2,7-10H2,3-4H3. The van der Waals surface area contributed by atoms with E-state index < -0.39 is 0 Å². The number of nitrogens with zero attached hydrogens (tertiary/aromatic N) is 1. The van der Waals surface area contributed by atoms with Gasteiger partial charge in [0.15, 0.2) is 0 Å².